The predicted molar refractivity (Wildman–Crippen MR) is 102 cm³/mol. The topological polar surface area (TPSA) is 190 Å². The first-order chi connectivity index (χ1) is 13.5. The van der Waals surface area contributed by atoms with Crippen LogP contribution < -0.4 is 0 Å². The van der Waals surface area contributed by atoms with E-state index < -0.39 is 29.3 Å². The van der Waals surface area contributed by atoms with Crippen molar-refractivity contribution < 1.29 is 49.8 Å². The summed E-state index contributed by atoms with van der Waals surface area (Å²) in [7, 11) is 0. The quantitative estimate of drug-likeness (QED) is 0.284. The molecule has 0 aliphatic heterocycles. The second-order valence-corrected chi connectivity index (χ2v) is 6.40. The molecule has 0 aromatic heterocycles. The summed E-state index contributed by atoms with van der Waals surface area (Å²) in [5.41, 5.74) is -0.949. The predicted octanol–water partition coefficient (Wildman–Crippen LogP) is 1.52. The van der Waals surface area contributed by atoms with Gasteiger partial charge < -0.3 is 30.6 Å². The molecule has 0 bridgehead atoms. The highest BCUT2D eigenvalue weighted by molar-refractivity contribution is 5.90. The Morgan fingerprint density at radius 2 is 1.31 bits per heavy atom. The number of aliphatic hydroxyl groups excluding tert-OH is 2. The molecule has 0 saturated heterocycles. The van der Waals surface area contributed by atoms with Crippen LogP contribution in [0.3, 0.4) is 0 Å². The number of aliphatic carboxylic acids is 4. The van der Waals surface area contributed by atoms with Crippen LogP contribution in [0.15, 0.2) is 23.8 Å². The minimum Gasteiger partial charge on any atom is -0.481 e. The third-order valence-electron chi connectivity index (χ3n) is 3.68. The first kappa shape index (κ1) is 28.5. The summed E-state index contributed by atoms with van der Waals surface area (Å²) in [5, 5.41) is 49.9. The molecular weight excluding hydrogens is 388 g/mol. The van der Waals surface area contributed by atoms with Crippen LogP contribution in [0.2, 0.25) is 0 Å². The number of allylic oxidation sites excluding steroid dienone is 2. The van der Waals surface area contributed by atoms with E-state index >= 15 is 0 Å². The summed E-state index contributed by atoms with van der Waals surface area (Å²) in [5.74, 6) is -3.80. The van der Waals surface area contributed by atoms with Gasteiger partial charge in [0.25, 0.3) is 0 Å². The highest BCUT2D eigenvalue weighted by Crippen LogP contribution is 2.31. The third-order valence-corrected chi connectivity index (χ3v) is 3.68. The van der Waals surface area contributed by atoms with Gasteiger partial charge in [-0.25, -0.2) is 4.79 Å². The summed E-state index contributed by atoms with van der Waals surface area (Å²) in [4.78, 5) is 41.1. The van der Waals surface area contributed by atoms with Crippen LogP contribution in [-0.4, -0.2) is 67.7 Å². The molecule has 0 radical (unpaired) electrons. The van der Waals surface area contributed by atoms with Gasteiger partial charge in [-0.1, -0.05) is 18.2 Å². The van der Waals surface area contributed by atoms with Crippen molar-refractivity contribution in [1.82, 2.24) is 0 Å². The highest BCUT2D eigenvalue weighted by atomic mass is 16.4. The summed E-state index contributed by atoms with van der Waals surface area (Å²) in [6.07, 6.45) is 6.89. The molecule has 0 fully saturated rings. The molecule has 1 atom stereocenters. The molecule has 29 heavy (non-hydrogen) atoms. The van der Waals surface area contributed by atoms with E-state index in [2.05, 4.69) is 0 Å². The third kappa shape index (κ3) is 16.0. The molecule has 1 unspecified atom stereocenters. The number of carboxylic acid groups (broad SMARTS) is 4. The summed E-state index contributed by atoms with van der Waals surface area (Å²) < 4.78 is 0. The van der Waals surface area contributed by atoms with Gasteiger partial charge in [0.2, 0.25) is 0 Å². The fraction of sp³-hybridized carbons (Fsp3) is 0.579. The molecule has 6 N–H and O–H groups in total. The molecule has 0 amide bonds. The normalized spacial score (nSPS) is 17.0. The summed E-state index contributed by atoms with van der Waals surface area (Å²) in [6, 6.07) is 0. The standard InChI is InChI=1S/C9H10O4.C6H10O4.C4H10O2/c1-9(8(12)13)4-2-3-6(5-9)7(10)11;7-5(8)3-1-2-4-6(9)10;5-3-1-2-4-6/h2-4H,5H2,1H3,(H,10,11)(H,12,13);1-4H2,(H,7,8)(H,9,10);5-6H,1-4H2. The van der Waals surface area contributed by atoms with E-state index in [1.54, 1.807) is 0 Å². The molecule has 10 nitrogen and oxygen atoms in total. The van der Waals surface area contributed by atoms with Crippen molar-refractivity contribution in [2.24, 2.45) is 5.41 Å². The number of rotatable bonds is 10. The maximum atomic E-state index is 10.8. The Morgan fingerprint density at radius 3 is 1.62 bits per heavy atom. The Hall–Kier alpha value is -2.72. The second-order valence-electron chi connectivity index (χ2n) is 6.40. The molecule has 1 aliphatic rings. The molecule has 1 rings (SSSR count). The fourth-order valence-electron chi connectivity index (χ4n) is 1.96. The number of carbonyl (C=O) groups is 4. The maximum absolute atomic E-state index is 10.8. The average molecular weight is 418 g/mol. The van der Waals surface area contributed by atoms with Crippen molar-refractivity contribution in [3.05, 3.63) is 23.8 Å². The first-order valence-electron chi connectivity index (χ1n) is 9.00. The van der Waals surface area contributed by atoms with Gasteiger partial charge in [0.1, 0.15) is 0 Å². The number of aliphatic hydroxyl groups is 2. The minimum atomic E-state index is -1.08. The van der Waals surface area contributed by atoms with Crippen LogP contribution in [0.5, 0.6) is 0 Å². The second kappa shape index (κ2) is 16.3. The SMILES string of the molecule is CC1(C(=O)O)C=CC=C(C(=O)O)C1.O=C(O)CCCCC(=O)O.OCCCCO. The summed E-state index contributed by atoms with van der Waals surface area (Å²) in [6.45, 7) is 1.89. The van der Waals surface area contributed by atoms with E-state index in [0.717, 1.165) is 12.8 Å². The average Bonchev–Trinajstić information content (AvgIpc) is 2.64. The molecule has 0 aromatic carbocycles. The lowest BCUT2D eigenvalue weighted by molar-refractivity contribution is -0.145. The fourth-order valence-corrected chi connectivity index (χ4v) is 1.96. The van der Waals surface area contributed by atoms with Crippen LogP contribution in [-0.2, 0) is 19.2 Å². The van der Waals surface area contributed by atoms with Crippen molar-refractivity contribution in [2.45, 2.75) is 51.9 Å². The van der Waals surface area contributed by atoms with E-state index in [0.29, 0.717) is 12.8 Å². The van der Waals surface area contributed by atoms with Crippen LogP contribution in [0.1, 0.15) is 51.9 Å². The lowest BCUT2D eigenvalue weighted by Crippen LogP contribution is -2.28. The van der Waals surface area contributed by atoms with Gasteiger partial charge in [-0.15, -0.1) is 0 Å². The van der Waals surface area contributed by atoms with Gasteiger partial charge >= 0.3 is 23.9 Å². The number of hydrogen-bond acceptors (Lipinski definition) is 6. The van der Waals surface area contributed by atoms with Gasteiger partial charge in [-0.3, -0.25) is 14.4 Å². The zero-order valence-corrected chi connectivity index (χ0v) is 16.4. The van der Waals surface area contributed by atoms with E-state index in [-0.39, 0.29) is 38.0 Å². The Morgan fingerprint density at radius 1 is 0.862 bits per heavy atom. The zero-order chi connectivity index (χ0) is 22.9. The number of hydrogen-bond donors (Lipinski definition) is 6. The monoisotopic (exact) mass is 418 g/mol. The van der Waals surface area contributed by atoms with Crippen molar-refractivity contribution in [3.63, 3.8) is 0 Å². The van der Waals surface area contributed by atoms with Crippen molar-refractivity contribution >= 4 is 23.9 Å². The van der Waals surface area contributed by atoms with Crippen molar-refractivity contribution in [1.29, 1.82) is 0 Å². The van der Waals surface area contributed by atoms with E-state index in [9.17, 15) is 19.2 Å². The van der Waals surface area contributed by atoms with Gasteiger partial charge in [0.05, 0.1) is 5.41 Å². The summed E-state index contributed by atoms with van der Waals surface area (Å²) >= 11 is 0. The van der Waals surface area contributed by atoms with Crippen molar-refractivity contribution in [2.75, 3.05) is 13.2 Å². The molecular formula is C19H30O10. The Labute approximate surface area is 168 Å². The van der Waals surface area contributed by atoms with Crippen LogP contribution >= 0.6 is 0 Å². The lowest BCUT2D eigenvalue weighted by atomic mass is 9.80. The minimum absolute atomic E-state index is 0.0359. The van der Waals surface area contributed by atoms with Gasteiger partial charge in [-0.05, 0) is 39.0 Å². The Bertz CT molecular complexity index is 574. The van der Waals surface area contributed by atoms with Crippen LogP contribution in [0.25, 0.3) is 0 Å². The first-order valence-corrected chi connectivity index (χ1v) is 9.00. The van der Waals surface area contributed by atoms with Crippen LogP contribution in [0, 0.1) is 5.41 Å². The Kier molecular flexibility index (Phi) is 16.0. The van der Waals surface area contributed by atoms with Gasteiger partial charge in [-0.2, -0.15) is 0 Å². The van der Waals surface area contributed by atoms with Gasteiger partial charge in [0.15, 0.2) is 0 Å². The number of unbranched alkanes of at least 4 members (excludes halogenated alkanes) is 2. The number of carboxylic acids is 4. The zero-order valence-electron chi connectivity index (χ0n) is 16.4. The molecule has 166 valence electrons. The maximum Gasteiger partial charge on any atom is 0.331 e. The highest BCUT2D eigenvalue weighted by Gasteiger charge is 2.34. The van der Waals surface area contributed by atoms with Crippen molar-refractivity contribution in [3.8, 4) is 0 Å². The van der Waals surface area contributed by atoms with E-state index in [1.807, 2.05) is 0 Å². The smallest absolute Gasteiger partial charge is 0.331 e. The molecule has 1 aliphatic carbocycles. The lowest BCUT2D eigenvalue weighted by Gasteiger charge is -2.23. The molecule has 0 spiro atoms. The molecule has 0 aromatic rings. The van der Waals surface area contributed by atoms with Crippen LogP contribution in [0.4, 0.5) is 0 Å². The van der Waals surface area contributed by atoms with E-state index in [1.165, 1.54) is 25.2 Å². The molecule has 10 heteroatoms. The van der Waals surface area contributed by atoms with Gasteiger partial charge in [0, 0.05) is 31.6 Å². The largest absolute Gasteiger partial charge is 0.481 e. The molecule has 0 heterocycles. The molecule has 0 saturated carbocycles. The Balaban J connectivity index is 0. The van der Waals surface area contributed by atoms with E-state index in [4.69, 9.17) is 30.6 Å².